The minimum Gasteiger partial charge on any atom is -0.294 e. The molecule has 2 heterocycles. The molecule has 0 radical (unpaired) electrons. The minimum absolute atomic E-state index is 0.00511. The standard InChI is InChI=1S/C7H6N6OS/c8-1-2-15-7-12-11-6-10-5(14)3-4(9)13(6)7/h9H,2-3H2,(H,10,11,14). The number of hydrogen-bond donors (Lipinski definition) is 2. The molecule has 1 amide bonds. The predicted octanol–water partition coefficient (Wildman–Crippen LogP) is 0.0613. The second-order valence-electron chi connectivity index (χ2n) is 2.76. The van der Waals surface area contributed by atoms with Crippen molar-refractivity contribution in [2.75, 3.05) is 11.1 Å². The fraction of sp³-hybridized carbons (Fsp3) is 0.286. The van der Waals surface area contributed by atoms with Crippen LogP contribution in [0.1, 0.15) is 6.42 Å². The summed E-state index contributed by atoms with van der Waals surface area (Å²) in [5.74, 6) is 0.340. The average Bonchev–Trinajstić information content (AvgIpc) is 2.58. The minimum atomic E-state index is -0.267. The molecule has 7 nitrogen and oxygen atoms in total. The summed E-state index contributed by atoms with van der Waals surface area (Å²) in [6.45, 7) is 0. The van der Waals surface area contributed by atoms with E-state index in [-0.39, 0.29) is 29.9 Å². The number of nitrogens with zero attached hydrogens (tertiary/aromatic N) is 4. The number of carbonyl (C=O) groups is 1. The molecule has 8 heteroatoms. The van der Waals surface area contributed by atoms with Crippen LogP contribution in [0.15, 0.2) is 5.16 Å². The highest BCUT2D eigenvalue weighted by molar-refractivity contribution is 7.99. The van der Waals surface area contributed by atoms with Gasteiger partial charge in [0.2, 0.25) is 11.9 Å². The van der Waals surface area contributed by atoms with Gasteiger partial charge in [-0.25, -0.2) is 4.57 Å². The Morgan fingerprint density at radius 2 is 2.47 bits per heavy atom. The van der Waals surface area contributed by atoms with Crippen LogP contribution in [0.3, 0.4) is 0 Å². The van der Waals surface area contributed by atoms with E-state index in [0.717, 1.165) is 0 Å². The van der Waals surface area contributed by atoms with E-state index in [9.17, 15) is 4.79 Å². The zero-order chi connectivity index (χ0) is 10.8. The van der Waals surface area contributed by atoms with E-state index in [1.165, 1.54) is 16.3 Å². The van der Waals surface area contributed by atoms with Gasteiger partial charge in [-0.15, -0.1) is 10.2 Å². The highest BCUT2D eigenvalue weighted by atomic mass is 32.2. The molecule has 0 saturated heterocycles. The van der Waals surface area contributed by atoms with E-state index < -0.39 is 0 Å². The van der Waals surface area contributed by atoms with E-state index in [1.54, 1.807) is 0 Å². The molecule has 0 unspecified atom stereocenters. The normalized spacial score (nSPS) is 14.3. The molecular formula is C7H6N6OS. The van der Waals surface area contributed by atoms with Gasteiger partial charge in [-0.3, -0.25) is 15.5 Å². The van der Waals surface area contributed by atoms with Crippen LogP contribution in [0.4, 0.5) is 5.95 Å². The first-order chi connectivity index (χ1) is 7.22. The van der Waals surface area contributed by atoms with Crippen LogP contribution in [-0.2, 0) is 4.79 Å². The topological polar surface area (TPSA) is 107 Å². The summed E-state index contributed by atoms with van der Waals surface area (Å²) in [6, 6.07) is 1.96. The third-order valence-corrected chi connectivity index (χ3v) is 2.54. The summed E-state index contributed by atoms with van der Waals surface area (Å²) in [4.78, 5) is 11.1. The zero-order valence-corrected chi connectivity index (χ0v) is 8.34. The van der Waals surface area contributed by atoms with Crippen molar-refractivity contribution in [1.82, 2.24) is 14.8 Å². The van der Waals surface area contributed by atoms with Gasteiger partial charge in [-0.2, -0.15) is 5.26 Å². The largest absolute Gasteiger partial charge is 0.294 e. The maximum atomic E-state index is 11.1. The molecule has 0 bridgehead atoms. The SMILES string of the molecule is N#CCSc1nnc2n1C(=N)CC(=O)N2. The van der Waals surface area contributed by atoms with Crippen molar-refractivity contribution in [1.29, 1.82) is 10.7 Å². The van der Waals surface area contributed by atoms with Crippen LogP contribution in [-0.4, -0.2) is 32.3 Å². The summed E-state index contributed by atoms with van der Waals surface area (Å²) >= 11 is 1.18. The van der Waals surface area contributed by atoms with Crippen molar-refractivity contribution in [3.63, 3.8) is 0 Å². The number of anilines is 1. The summed E-state index contributed by atoms with van der Waals surface area (Å²) in [5.41, 5.74) is 0. The van der Waals surface area contributed by atoms with Crippen LogP contribution >= 0.6 is 11.8 Å². The van der Waals surface area contributed by atoms with E-state index in [1.807, 2.05) is 6.07 Å². The quantitative estimate of drug-likeness (QED) is 0.688. The van der Waals surface area contributed by atoms with E-state index in [2.05, 4.69) is 15.5 Å². The van der Waals surface area contributed by atoms with Crippen molar-refractivity contribution in [3.8, 4) is 6.07 Å². The smallest absolute Gasteiger partial charge is 0.237 e. The maximum Gasteiger partial charge on any atom is 0.237 e. The molecule has 1 aromatic heterocycles. The van der Waals surface area contributed by atoms with E-state index in [0.29, 0.717) is 5.16 Å². The molecule has 76 valence electrons. The van der Waals surface area contributed by atoms with Crippen molar-refractivity contribution < 1.29 is 4.79 Å². The highest BCUT2D eigenvalue weighted by Crippen LogP contribution is 2.21. The molecule has 1 aliphatic rings. The Balaban J connectivity index is 2.34. The van der Waals surface area contributed by atoms with Gasteiger partial charge in [0, 0.05) is 0 Å². The van der Waals surface area contributed by atoms with Gasteiger partial charge in [-0.1, -0.05) is 11.8 Å². The maximum absolute atomic E-state index is 11.1. The molecule has 0 spiro atoms. The average molecular weight is 222 g/mol. The van der Waals surface area contributed by atoms with E-state index in [4.69, 9.17) is 10.7 Å². The molecule has 0 saturated carbocycles. The molecule has 0 fully saturated rings. The van der Waals surface area contributed by atoms with Crippen molar-refractivity contribution in [2.45, 2.75) is 11.6 Å². The van der Waals surface area contributed by atoms with Gasteiger partial charge >= 0.3 is 0 Å². The monoisotopic (exact) mass is 222 g/mol. The Hall–Kier alpha value is -1.88. The molecule has 0 atom stereocenters. The van der Waals surface area contributed by atoms with Crippen LogP contribution in [0.5, 0.6) is 0 Å². The van der Waals surface area contributed by atoms with Gasteiger partial charge < -0.3 is 0 Å². The number of thioether (sulfide) groups is 1. The first kappa shape index (κ1) is 9.67. The lowest BCUT2D eigenvalue weighted by Crippen LogP contribution is -2.29. The van der Waals surface area contributed by atoms with Gasteiger partial charge in [0.25, 0.3) is 0 Å². The number of hydrogen-bond acceptors (Lipinski definition) is 6. The molecular weight excluding hydrogens is 216 g/mol. The van der Waals surface area contributed by atoms with Crippen LogP contribution < -0.4 is 5.32 Å². The molecule has 0 aliphatic carbocycles. The molecule has 2 rings (SSSR count). The number of aromatic nitrogens is 3. The second-order valence-corrected chi connectivity index (χ2v) is 3.70. The van der Waals surface area contributed by atoms with Gasteiger partial charge in [0.1, 0.15) is 5.84 Å². The van der Waals surface area contributed by atoms with Crippen molar-refractivity contribution >= 4 is 29.5 Å². The third kappa shape index (κ3) is 1.69. The number of carbonyl (C=O) groups excluding carboxylic acids is 1. The first-order valence-corrected chi connectivity index (χ1v) is 5.03. The molecule has 0 aromatic carbocycles. The van der Waals surface area contributed by atoms with Crippen LogP contribution in [0, 0.1) is 16.7 Å². The Morgan fingerprint density at radius 1 is 1.67 bits per heavy atom. The summed E-state index contributed by atoms with van der Waals surface area (Å²) in [5, 5.41) is 26.5. The molecule has 1 aromatic rings. The van der Waals surface area contributed by atoms with Crippen LogP contribution in [0.2, 0.25) is 0 Å². The summed E-state index contributed by atoms with van der Waals surface area (Å²) < 4.78 is 1.43. The molecule has 1 aliphatic heterocycles. The third-order valence-electron chi connectivity index (χ3n) is 1.75. The lowest BCUT2D eigenvalue weighted by Gasteiger charge is -2.15. The van der Waals surface area contributed by atoms with E-state index >= 15 is 0 Å². The number of nitrogens with one attached hydrogen (secondary N) is 2. The molecule has 2 N–H and O–H groups in total. The lowest BCUT2D eigenvalue weighted by atomic mass is 10.3. The van der Waals surface area contributed by atoms with Gasteiger partial charge in [0.15, 0.2) is 5.16 Å². The predicted molar refractivity (Wildman–Crippen MR) is 52.7 cm³/mol. The Bertz CT molecular complexity index is 472. The first-order valence-electron chi connectivity index (χ1n) is 4.05. The van der Waals surface area contributed by atoms with Crippen molar-refractivity contribution in [3.05, 3.63) is 0 Å². The lowest BCUT2D eigenvalue weighted by molar-refractivity contribution is -0.115. The summed E-state index contributed by atoms with van der Waals surface area (Å²) in [7, 11) is 0. The number of nitriles is 1. The second kappa shape index (κ2) is 3.70. The summed E-state index contributed by atoms with van der Waals surface area (Å²) in [6.07, 6.45) is 0.00511. The fourth-order valence-electron chi connectivity index (χ4n) is 1.18. The number of rotatable bonds is 2. The zero-order valence-electron chi connectivity index (χ0n) is 7.52. The molecule has 15 heavy (non-hydrogen) atoms. The van der Waals surface area contributed by atoms with Crippen molar-refractivity contribution in [2.24, 2.45) is 0 Å². The van der Waals surface area contributed by atoms with Crippen LogP contribution in [0.25, 0.3) is 0 Å². The Labute approximate surface area is 89.0 Å². The number of fused-ring (bicyclic) bond motifs is 1. The Morgan fingerprint density at radius 3 is 3.20 bits per heavy atom. The van der Waals surface area contributed by atoms with Gasteiger partial charge in [0.05, 0.1) is 18.2 Å². The Kier molecular flexibility index (Phi) is 2.39. The van der Waals surface area contributed by atoms with Gasteiger partial charge in [-0.05, 0) is 0 Å². The number of amides is 1. The fourth-order valence-corrected chi connectivity index (χ4v) is 1.80. The highest BCUT2D eigenvalue weighted by Gasteiger charge is 2.24.